The third-order valence-electron chi connectivity index (χ3n) is 4.58. The highest BCUT2D eigenvalue weighted by Gasteiger charge is 2.35. The molecule has 0 radical (unpaired) electrons. The Morgan fingerprint density at radius 2 is 1.96 bits per heavy atom. The van der Waals surface area contributed by atoms with Gasteiger partial charge >= 0.3 is 6.03 Å². The van der Waals surface area contributed by atoms with Crippen LogP contribution in [0.4, 0.5) is 4.79 Å². The van der Waals surface area contributed by atoms with Crippen molar-refractivity contribution in [1.29, 1.82) is 0 Å². The third kappa shape index (κ3) is 3.54. The molecule has 0 aliphatic carbocycles. The van der Waals surface area contributed by atoms with Crippen LogP contribution >= 0.6 is 27.3 Å². The van der Waals surface area contributed by atoms with Crippen LogP contribution in [-0.4, -0.2) is 71.9 Å². The molecule has 0 saturated carbocycles. The SMILES string of the molecule is CN(C(=O)c1ccc(Br)s1)C1CCN(C(=O)N2CCC(N)C2)C1. The average molecular weight is 401 g/mol. The second-order valence-electron chi connectivity index (χ2n) is 6.19. The van der Waals surface area contributed by atoms with Gasteiger partial charge in [-0.25, -0.2) is 4.79 Å². The average Bonchev–Trinajstić information content (AvgIpc) is 3.25. The molecule has 0 spiro atoms. The lowest BCUT2D eigenvalue weighted by molar-refractivity contribution is 0.0740. The van der Waals surface area contributed by atoms with Gasteiger partial charge in [0.15, 0.2) is 0 Å². The number of carbonyl (C=O) groups excluding carboxylic acids is 2. The van der Waals surface area contributed by atoms with Crippen molar-refractivity contribution in [3.05, 3.63) is 20.8 Å². The molecule has 2 aliphatic rings. The number of halogens is 1. The van der Waals surface area contributed by atoms with Gasteiger partial charge in [0.05, 0.1) is 14.7 Å². The van der Waals surface area contributed by atoms with E-state index >= 15 is 0 Å². The van der Waals surface area contributed by atoms with E-state index in [4.69, 9.17) is 5.73 Å². The Kier molecular flexibility index (Phi) is 4.93. The van der Waals surface area contributed by atoms with Crippen LogP contribution in [0.15, 0.2) is 15.9 Å². The van der Waals surface area contributed by atoms with Gasteiger partial charge in [0.25, 0.3) is 5.91 Å². The smallest absolute Gasteiger partial charge is 0.320 e. The van der Waals surface area contributed by atoms with E-state index in [2.05, 4.69) is 15.9 Å². The van der Waals surface area contributed by atoms with Gasteiger partial charge in [0.1, 0.15) is 0 Å². The van der Waals surface area contributed by atoms with Crippen molar-refractivity contribution in [1.82, 2.24) is 14.7 Å². The van der Waals surface area contributed by atoms with E-state index < -0.39 is 0 Å². The van der Waals surface area contributed by atoms with Gasteiger partial charge in [0.2, 0.25) is 0 Å². The lowest BCUT2D eigenvalue weighted by atomic mass is 10.2. The molecule has 0 aromatic carbocycles. The lowest BCUT2D eigenvalue weighted by Gasteiger charge is -2.27. The highest BCUT2D eigenvalue weighted by molar-refractivity contribution is 9.11. The van der Waals surface area contributed by atoms with Crippen LogP contribution < -0.4 is 5.73 Å². The van der Waals surface area contributed by atoms with Crippen molar-refractivity contribution in [2.24, 2.45) is 5.73 Å². The topological polar surface area (TPSA) is 69.9 Å². The molecule has 8 heteroatoms. The predicted octanol–water partition coefficient (Wildman–Crippen LogP) is 1.81. The largest absolute Gasteiger partial charge is 0.336 e. The zero-order valence-electron chi connectivity index (χ0n) is 13.1. The number of likely N-dealkylation sites (tertiary alicyclic amines) is 2. The van der Waals surface area contributed by atoms with Crippen LogP contribution in [0.1, 0.15) is 22.5 Å². The Bertz CT molecular complexity index is 608. The minimum absolute atomic E-state index is 0.0168. The first-order chi connectivity index (χ1) is 11.0. The molecule has 6 nitrogen and oxygen atoms in total. The van der Waals surface area contributed by atoms with Gasteiger partial charge in [-0.3, -0.25) is 4.79 Å². The zero-order valence-corrected chi connectivity index (χ0v) is 15.5. The molecule has 23 heavy (non-hydrogen) atoms. The fraction of sp³-hybridized carbons (Fsp3) is 0.600. The van der Waals surface area contributed by atoms with Crippen molar-refractivity contribution in [3.63, 3.8) is 0 Å². The van der Waals surface area contributed by atoms with Gasteiger partial charge in [-0.2, -0.15) is 0 Å². The van der Waals surface area contributed by atoms with Crippen LogP contribution in [0, 0.1) is 0 Å². The number of rotatable bonds is 2. The molecule has 2 aliphatic heterocycles. The predicted molar refractivity (Wildman–Crippen MR) is 93.7 cm³/mol. The first-order valence-corrected chi connectivity index (χ1v) is 9.38. The monoisotopic (exact) mass is 400 g/mol. The summed E-state index contributed by atoms with van der Waals surface area (Å²) in [6.45, 7) is 2.66. The van der Waals surface area contributed by atoms with Gasteiger partial charge in [-0.05, 0) is 40.9 Å². The minimum atomic E-state index is 0.0168. The number of likely N-dealkylation sites (N-methyl/N-ethyl adjacent to an activating group) is 1. The summed E-state index contributed by atoms with van der Waals surface area (Å²) < 4.78 is 0.947. The van der Waals surface area contributed by atoms with Gasteiger partial charge in [-0.1, -0.05) is 0 Å². The molecular formula is C15H21BrN4O2S. The summed E-state index contributed by atoms with van der Waals surface area (Å²) in [5.41, 5.74) is 5.88. The first kappa shape index (κ1) is 16.7. The second-order valence-corrected chi connectivity index (χ2v) is 8.65. The molecule has 2 saturated heterocycles. The number of urea groups is 1. The fourth-order valence-electron chi connectivity index (χ4n) is 3.16. The number of hydrogen-bond donors (Lipinski definition) is 1. The zero-order chi connectivity index (χ0) is 16.6. The summed E-state index contributed by atoms with van der Waals surface area (Å²) in [5, 5.41) is 0. The summed E-state index contributed by atoms with van der Waals surface area (Å²) in [6.07, 6.45) is 1.69. The number of thiophene rings is 1. The van der Waals surface area contributed by atoms with Crippen LogP contribution in [0.5, 0.6) is 0 Å². The Morgan fingerprint density at radius 3 is 2.57 bits per heavy atom. The molecule has 2 unspecified atom stereocenters. The number of hydrogen-bond acceptors (Lipinski definition) is 4. The standard InChI is InChI=1S/C15H21BrN4O2S/c1-18(14(21)12-2-3-13(16)23-12)11-5-7-20(9-11)15(22)19-6-4-10(17)8-19/h2-3,10-11H,4-9,17H2,1H3. The molecule has 3 amide bonds. The highest BCUT2D eigenvalue weighted by atomic mass is 79.9. The van der Waals surface area contributed by atoms with Crippen molar-refractivity contribution < 1.29 is 9.59 Å². The fourth-order valence-corrected chi connectivity index (χ4v) is 4.53. The summed E-state index contributed by atoms with van der Waals surface area (Å²) in [5.74, 6) is 0.0168. The molecule has 1 aromatic heterocycles. The molecule has 3 heterocycles. The van der Waals surface area contributed by atoms with Crippen LogP contribution in [0.25, 0.3) is 0 Å². The van der Waals surface area contributed by atoms with E-state index in [1.54, 1.807) is 4.90 Å². The second kappa shape index (κ2) is 6.78. The molecule has 2 atom stereocenters. The summed E-state index contributed by atoms with van der Waals surface area (Å²) in [6, 6.07) is 3.94. The normalized spacial score (nSPS) is 24.3. The Balaban J connectivity index is 1.58. The maximum absolute atomic E-state index is 12.5. The summed E-state index contributed by atoms with van der Waals surface area (Å²) in [7, 11) is 1.82. The maximum Gasteiger partial charge on any atom is 0.320 e. The highest BCUT2D eigenvalue weighted by Crippen LogP contribution is 2.25. The van der Waals surface area contributed by atoms with Gasteiger partial charge in [0, 0.05) is 39.3 Å². The molecule has 2 fully saturated rings. The quantitative estimate of drug-likeness (QED) is 0.822. The summed E-state index contributed by atoms with van der Waals surface area (Å²) in [4.78, 5) is 31.2. The van der Waals surface area contributed by atoms with Crippen molar-refractivity contribution in [3.8, 4) is 0 Å². The molecule has 126 valence electrons. The lowest BCUT2D eigenvalue weighted by Crippen LogP contribution is -2.44. The first-order valence-electron chi connectivity index (χ1n) is 7.77. The van der Waals surface area contributed by atoms with Crippen molar-refractivity contribution in [2.45, 2.75) is 24.9 Å². The van der Waals surface area contributed by atoms with Crippen LogP contribution in [0.2, 0.25) is 0 Å². The summed E-state index contributed by atoms with van der Waals surface area (Å²) >= 11 is 4.82. The molecule has 0 bridgehead atoms. The van der Waals surface area contributed by atoms with Crippen LogP contribution in [0.3, 0.4) is 0 Å². The number of nitrogens with zero attached hydrogens (tertiary/aromatic N) is 3. The Morgan fingerprint density at radius 1 is 1.26 bits per heavy atom. The Hall–Kier alpha value is -1.12. The van der Waals surface area contributed by atoms with Crippen molar-refractivity contribution in [2.75, 3.05) is 33.2 Å². The van der Waals surface area contributed by atoms with E-state index in [9.17, 15) is 9.59 Å². The van der Waals surface area contributed by atoms with Crippen molar-refractivity contribution >= 4 is 39.2 Å². The van der Waals surface area contributed by atoms with E-state index in [-0.39, 0.29) is 24.0 Å². The Labute approximate surface area is 148 Å². The molecular weight excluding hydrogens is 380 g/mol. The number of nitrogens with two attached hydrogens (primary N) is 1. The number of carbonyl (C=O) groups is 2. The van der Waals surface area contributed by atoms with E-state index in [0.717, 1.165) is 28.0 Å². The minimum Gasteiger partial charge on any atom is -0.336 e. The maximum atomic E-state index is 12.5. The van der Waals surface area contributed by atoms with E-state index in [1.807, 2.05) is 29.0 Å². The van der Waals surface area contributed by atoms with Crippen LogP contribution in [-0.2, 0) is 0 Å². The van der Waals surface area contributed by atoms with Gasteiger partial charge < -0.3 is 20.4 Å². The van der Waals surface area contributed by atoms with Gasteiger partial charge in [-0.15, -0.1) is 11.3 Å². The molecule has 3 rings (SSSR count). The molecule has 2 N–H and O–H groups in total. The number of amides is 3. The third-order valence-corrected chi connectivity index (χ3v) is 6.19. The molecule has 1 aromatic rings. The van der Waals surface area contributed by atoms with E-state index in [1.165, 1.54) is 11.3 Å². The van der Waals surface area contributed by atoms with E-state index in [0.29, 0.717) is 19.6 Å².